The van der Waals surface area contributed by atoms with Crippen LogP contribution in [-0.2, 0) is 25.5 Å². The van der Waals surface area contributed by atoms with Gasteiger partial charge in [0.25, 0.3) is 5.92 Å². The van der Waals surface area contributed by atoms with Gasteiger partial charge < -0.3 is 20.5 Å². The molecule has 3 atom stereocenters. The molecular formula is C39H39ClF5N3O6S. The molecule has 1 saturated carbocycles. The number of ether oxygens (including phenoxy) is 1. The summed E-state index contributed by atoms with van der Waals surface area (Å²) >= 11 is 6.00. The summed E-state index contributed by atoms with van der Waals surface area (Å²) < 4.78 is 101. The number of nitrogens with two attached hydrogens (primary N) is 1. The van der Waals surface area contributed by atoms with E-state index >= 15 is 8.78 Å². The SMILES string of the molecule is NC1CC2CCC(C1)N2C(=O)[C@@H](NS(=O)(=O)c1ccc2cc(OC3CCCC3)ccc2c1)C(F)(F)c1ccc(-c2ccc(Cl)cc2)cc1.O=C(O)C(F)(F)F. The molecule has 2 heterocycles. The van der Waals surface area contributed by atoms with Crippen LogP contribution < -0.4 is 15.2 Å². The summed E-state index contributed by atoms with van der Waals surface area (Å²) in [7, 11) is -4.58. The van der Waals surface area contributed by atoms with Crippen molar-refractivity contribution < 1.29 is 49.8 Å². The second-order valence-corrected chi connectivity index (χ2v) is 16.3. The van der Waals surface area contributed by atoms with Crippen LogP contribution in [0.3, 0.4) is 0 Å². The van der Waals surface area contributed by atoms with Gasteiger partial charge in [-0.15, -0.1) is 0 Å². The Balaban J connectivity index is 0.000000672. The number of hydrogen-bond acceptors (Lipinski definition) is 6. The zero-order chi connectivity index (χ0) is 39.7. The van der Waals surface area contributed by atoms with Crippen LogP contribution in [0, 0.1) is 0 Å². The largest absolute Gasteiger partial charge is 0.490 e. The Bertz CT molecular complexity index is 2120. The highest BCUT2D eigenvalue weighted by atomic mass is 35.5. The van der Waals surface area contributed by atoms with Crippen molar-refractivity contribution in [2.24, 2.45) is 5.73 Å². The van der Waals surface area contributed by atoms with Crippen molar-refractivity contribution in [3.05, 3.63) is 95.5 Å². The first-order chi connectivity index (χ1) is 25.9. The minimum absolute atomic E-state index is 0.135. The summed E-state index contributed by atoms with van der Waals surface area (Å²) in [5, 5.41) is 9.03. The zero-order valence-electron chi connectivity index (χ0n) is 29.3. The predicted octanol–water partition coefficient (Wildman–Crippen LogP) is 8.03. The fraction of sp³-hybridized carbons (Fsp3) is 0.385. The molecule has 2 saturated heterocycles. The van der Waals surface area contributed by atoms with Gasteiger partial charge in [-0.25, -0.2) is 13.2 Å². The number of halogens is 6. The van der Waals surface area contributed by atoms with E-state index in [2.05, 4.69) is 4.72 Å². The van der Waals surface area contributed by atoms with Crippen molar-refractivity contribution in [2.75, 3.05) is 0 Å². The van der Waals surface area contributed by atoms with E-state index in [1.54, 1.807) is 42.5 Å². The molecule has 2 bridgehead atoms. The average molecular weight is 808 g/mol. The molecule has 294 valence electrons. The highest BCUT2D eigenvalue weighted by molar-refractivity contribution is 7.89. The number of nitrogens with one attached hydrogen (secondary N) is 1. The molecule has 55 heavy (non-hydrogen) atoms. The molecule has 0 spiro atoms. The number of piperidine rings is 1. The van der Waals surface area contributed by atoms with Crippen LogP contribution in [-0.4, -0.2) is 66.7 Å². The van der Waals surface area contributed by atoms with Gasteiger partial charge in [0.1, 0.15) is 5.75 Å². The first kappa shape index (κ1) is 40.4. The molecule has 1 aliphatic carbocycles. The van der Waals surface area contributed by atoms with Crippen molar-refractivity contribution in [1.82, 2.24) is 9.62 Å². The molecule has 4 N–H and O–H groups in total. The van der Waals surface area contributed by atoms with Gasteiger partial charge in [-0.1, -0.05) is 60.1 Å². The van der Waals surface area contributed by atoms with Crippen molar-refractivity contribution >= 4 is 44.3 Å². The lowest BCUT2D eigenvalue weighted by Crippen LogP contribution is -2.60. The number of rotatable bonds is 9. The average Bonchev–Trinajstić information content (AvgIpc) is 3.75. The van der Waals surface area contributed by atoms with Crippen LogP contribution in [0.5, 0.6) is 5.75 Å². The fourth-order valence-electron chi connectivity index (χ4n) is 7.57. The smallest absolute Gasteiger partial charge is 0.490 e. The van der Waals surface area contributed by atoms with E-state index in [9.17, 15) is 26.4 Å². The van der Waals surface area contributed by atoms with Crippen LogP contribution in [0.1, 0.15) is 56.9 Å². The number of alkyl halides is 5. The predicted molar refractivity (Wildman–Crippen MR) is 196 cm³/mol. The van der Waals surface area contributed by atoms with E-state index in [0.29, 0.717) is 47.4 Å². The zero-order valence-corrected chi connectivity index (χ0v) is 30.9. The van der Waals surface area contributed by atoms with E-state index in [1.807, 2.05) is 6.07 Å². The number of aliphatic carboxylic acids is 1. The molecule has 9 nitrogen and oxygen atoms in total. The van der Waals surface area contributed by atoms with E-state index in [-0.39, 0.29) is 29.1 Å². The summed E-state index contributed by atoms with van der Waals surface area (Å²) in [4.78, 5) is 24.3. The quantitative estimate of drug-likeness (QED) is 0.146. The van der Waals surface area contributed by atoms with Crippen LogP contribution >= 0.6 is 11.6 Å². The van der Waals surface area contributed by atoms with E-state index in [1.165, 1.54) is 41.3 Å². The number of sulfonamides is 1. The number of hydrogen-bond donors (Lipinski definition) is 3. The third kappa shape index (κ3) is 9.22. The van der Waals surface area contributed by atoms with Gasteiger partial charge in [-0.2, -0.15) is 26.7 Å². The van der Waals surface area contributed by atoms with Gasteiger partial charge in [0, 0.05) is 28.7 Å². The summed E-state index contributed by atoms with van der Waals surface area (Å²) in [6, 6.07) is 19.2. The lowest BCUT2D eigenvalue weighted by Gasteiger charge is -2.41. The Morgan fingerprint density at radius 1 is 0.818 bits per heavy atom. The number of fused-ring (bicyclic) bond motifs is 3. The second-order valence-electron chi connectivity index (χ2n) is 14.1. The first-order valence-corrected chi connectivity index (χ1v) is 19.6. The second kappa shape index (κ2) is 16.0. The molecule has 16 heteroatoms. The van der Waals surface area contributed by atoms with Crippen molar-refractivity contribution in [2.45, 2.75) is 98.6 Å². The molecule has 2 aliphatic heterocycles. The van der Waals surface area contributed by atoms with Crippen molar-refractivity contribution in [3.8, 4) is 16.9 Å². The minimum atomic E-state index is -5.08. The maximum Gasteiger partial charge on any atom is 0.490 e. The molecule has 7 rings (SSSR count). The van der Waals surface area contributed by atoms with Gasteiger partial charge >= 0.3 is 12.1 Å². The third-order valence-corrected chi connectivity index (χ3v) is 12.0. The number of benzene rings is 4. The normalized spacial score (nSPS) is 20.9. The summed E-state index contributed by atoms with van der Waals surface area (Å²) in [5.41, 5.74) is 7.17. The molecule has 3 fully saturated rings. The Morgan fingerprint density at radius 3 is 1.91 bits per heavy atom. The first-order valence-electron chi connectivity index (χ1n) is 17.8. The van der Waals surface area contributed by atoms with Gasteiger partial charge in [0.15, 0.2) is 6.04 Å². The van der Waals surface area contributed by atoms with Gasteiger partial charge in [-0.3, -0.25) is 4.79 Å². The number of amides is 1. The minimum Gasteiger partial charge on any atom is -0.490 e. The van der Waals surface area contributed by atoms with Crippen molar-refractivity contribution in [3.63, 3.8) is 0 Å². The van der Waals surface area contributed by atoms with E-state index in [0.717, 1.165) is 36.6 Å². The summed E-state index contributed by atoms with van der Waals surface area (Å²) in [6.07, 6.45) is 1.62. The molecule has 4 aromatic carbocycles. The molecule has 1 amide bonds. The van der Waals surface area contributed by atoms with Crippen LogP contribution in [0.25, 0.3) is 21.9 Å². The maximum atomic E-state index is 16.6. The molecular weight excluding hydrogens is 769 g/mol. The summed E-state index contributed by atoms with van der Waals surface area (Å²) in [6.45, 7) is 0. The highest BCUT2D eigenvalue weighted by Gasteiger charge is 2.53. The van der Waals surface area contributed by atoms with E-state index < -0.39 is 45.6 Å². The fourth-order valence-corrected chi connectivity index (χ4v) is 8.92. The molecule has 4 aromatic rings. The summed E-state index contributed by atoms with van der Waals surface area (Å²) in [5.74, 6) is -6.89. The van der Waals surface area contributed by atoms with Crippen LogP contribution in [0.15, 0.2) is 89.8 Å². The number of carbonyl (C=O) groups excluding carboxylic acids is 1. The molecule has 0 radical (unpaired) electrons. The highest BCUT2D eigenvalue weighted by Crippen LogP contribution is 2.40. The number of carboxylic acid groups (broad SMARTS) is 1. The number of carbonyl (C=O) groups is 2. The lowest BCUT2D eigenvalue weighted by molar-refractivity contribution is -0.192. The maximum absolute atomic E-state index is 16.6. The Kier molecular flexibility index (Phi) is 11.8. The van der Waals surface area contributed by atoms with E-state index in [4.69, 9.17) is 32.0 Å². The molecule has 3 aliphatic rings. The number of carboxylic acids is 1. The number of nitrogens with zero attached hydrogens (tertiary/aromatic N) is 1. The Hall–Kier alpha value is -4.31. The monoisotopic (exact) mass is 807 g/mol. The van der Waals surface area contributed by atoms with Crippen LogP contribution in [0.2, 0.25) is 5.02 Å². The Morgan fingerprint density at radius 2 is 1.35 bits per heavy atom. The Labute approximate surface area is 319 Å². The molecule has 0 aromatic heterocycles. The van der Waals surface area contributed by atoms with Gasteiger partial charge in [0.05, 0.1) is 11.0 Å². The standard InChI is InChI=1S/C37H38ClF2N3O4S.C2HF3O2/c38-28-13-7-24(8-14-28)23-5-11-27(12-6-23)37(39,40)35(36(44)43-30-15-16-31(43)22-29(41)21-30)42-48(45,46)34-18-10-25-19-33(17-9-26(25)20-34)47-32-3-1-2-4-32;3-2(4,5)1(6)7/h5-14,17-20,29-32,35,42H,1-4,15-16,21-22,41H2;(H,6,7)/t29?,30?,31?,35-;/m1./s1. The van der Waals surface area contributed by atoms with Crippen LogP contribution in [0.4, 0.5) is 22.0 Å². The lowest BCUT2D eigenvalue weighted by atomic mass is 9.94. The van der Waals surface area contributed by atoms with Gasteiger partial charge in [0.2, 0.25) is 15.9 Å². The van der Waals surface area contributed by atoms with Gasteiger partial charge in [-0.05, 0) is 110 Å². The third-order valence-electron chi connectivity index (χ3n) is 10.3. The van der Waals surface area contributed by atoms with Crippen molar-refractivity contribution in [1.29, 1.82) is 0 Å². The molecule has 2 unspecified atom stereocenters. The topological polar surface area (TPSA) is 139 Å².